The van der Waals surface area contributed by atoms with Gasteiger partial charge in [-0.25, -0.2) is 0 Å². The quantitative estimate of drug-likeness (QED) is 0.797. The number of likely N-dealkylation sites (tertiary alicyclic amines) is 1. The van der Waals surface area contributed by atoms with Crippen LogP contribution in [0.25, 0.3) is 0 Å². The molecule has 1 heterocycles. The van der Waals surface area contributed by atoms with Crippen molar-refractivity contribution < 1.29 is 9.59 Å². The average Bonchev–Trinajstić information content (AvgIpc) is 2.42. The molecular weight excluding hydrogens is 224 g/mol. The lowest BCUT2D eigenvalue weighted by Gasteiger charge is -2.20. The summed E-state index contributed by atoms with van der Waals surface area (Å²) in [6.07, 6.45) is 3.39. The van der Waals surface area contributed by atoms with E-state index in [0.717, 1.165) is 31.8 Å². The minimum Gasteiger partial charge on any atom is -0.369 e. The Bertz CT molecular complexity index is 258. The molecule has 0 aliphatic carbocycles. The summed E-state index contributed by atoms with van der Waals surface area (Å²) in [6.45, 7) is 3.95. The predicted octanol–water partition coefficient (Wildman–Crippen LogP) is 0.854. The molecule has 2 N–H and O–H groups in total. The molecule has 0 saturated carbocycles. The normalized spacial score (nSPS) is 21.6. The molecule has 0 radical (unpaired) electrons. The highest BCUT2D eigenvalue weighted by Crippen LogP contribution is 2.17. The number of amides is 2. The van der Waals surface area contributed by atoms with Gasteiger partial charge in [-0.1, -0.05) is 6.92 Å². The van der Waals surface area contributed by atoms with Crippen LogP contribution in [0.15, 0.2) is 0 Å². The number of hydrogen-bond acceptors (Lipinski definition) is 3. The molecule has 0 aromatic rings. The number of carbonyl (C=O) groups is 2. The van der Waals surface area contributed by atoms with Gasteiger partial charge in [-0.05, 0) is 25.2 Å². The summed E-state index contributed by atoms with van der Waals surface area (Å²) >= 11 is 1.30. The lowest BCUT2D eigenvalue weighted by atomic mass is 10.0. The molecule has 16 heavy (non-hydrogen) atoms. The molecule has 1 saturated heterocycles. The average molecular weight is 244 g/mol. The Morgan fingerprint density at radius 1 is 1.31 bits per heavy atom. The first-order valence-electron chi connectivity index (χ1n) is 5.73. The Morgan fingerprint density at radius 2 is 2.06 bits per heavy atom. The van der Waals surface area contributed by atoms with E-state index in [2.05, 4.69) is 6.92 Å². The van der Waals surface area contributed by atoms with E-state index in [-0.39, 0.29) is 17.6 Å². The SMILES string of the molecule is C[C@@H]1CCCN(C(=O)CSCC(N)=O)CC1. The molecule has 0 aromatic heterocycles. The summed E-state index contributed by atoms with van der Waals surface area (Å²) < 4.78 is 0. The van der Waals surface area contributed by atoms with E-state index in [1.807, 2.05) is 4.90 Å². The Labute approximate surface area is 101 Å². The fraction of sp³-hybridized carbons (Fsp3) is 0.818. The van der Waals surface area contributed by atoms with Gasteiger partial charge in [-0.2, -0.15) is 0 Å². The van der Waals surface area contributed by atoms with Crippen molar-refractivity contribution in [1.29, 1.82) is 0 Å². The summed E-state index contributed by atoms with van der Waals surface area (Å²) in [5, 5.41) is 0. The highest BCUT2D eigenvalue weighted by molar-refractivity contribution is 8.00. The molecule has 0 unspecified atom stereocenters. The second-order valence-electron chi connectivity index (χ2n) is 4.38. The van der Waals surface area contributed by atoms with Gasteiger partial charge in [0.25, 0.3) is 0 Å². The zero-order chi connectivity index (χ0) is 12.0. The molecule has 0 aromatic carbocycles. The van der Waals surface area contributed by atoms with Gasteiger partial charge in [0.2, 0.25) is 11.8 Å². The van der Waals surface area contributed by atoms with Crippen molar-refractivity contribution in [3.05, 3.63) is 0 Å². The molecule has 2 amide bonds. The van der Waals surface area contributed by atoms with Crippen LogP contribution < -0.4 is 5.73 Å². The van der Waals surface area contributed by atoms with E-state index in [0.29, 0.717) is 5.75 Å². The highest BCUT2D eigenvalue weighted by atomic mass is 32.2. The van der Waals surface area contributed by atoms with Crippen molar-refractivity contribution in [2.45, 2.75) is 26.2 Å². The van der Waals surface area contributed by atoms with Gasteiger partial charge >= 0.3 is 0 Å². The molecule has 0 spiro atoms. The minimum absolute atomic E-state index is 0.139. The molecule has 4 nitrogen and oxygen atoms in total. The molecule has 92 valence electrons. The number of hydrogen-bond donors (Lipinski definition) is 1. The monoisotopic (exact) mass is 244 g/mol. The molecule has 1 atom stereocenters. The first-order valence-corrected chi connectivity index (χ1v) is 6.89. The Hall–Kier alpha value is -0.710. The van der Waals surface area contributed by atoms with Crippen molar-refractivity contribution in [1.82, 2.24) is 4.90 Å². The Kier molecular flexibility index (Phi) is 5.66. The smallest absolute Gasteiger partial charge is 0.232 e. The van der Waals surface area contributed by atoms with Crippen LogP contribution in [0.3, 0.4) is 0 Å². The predicted molar refractivity (Wildman–Crippen MR) is 66.1 cm³/mol. The van der Waals surface area contributed by atoms with Crippen LogP contribution in [0.2, 0.25) is 0 Å². The van der Waals surface area contributed by atoms with E-state index in [4.69, 9.17) is 5.73 Å². The number of primary amides is 1. The van der Waals surface area contributed by atoms with Gasteiger partial charge in [-0.3, -0.25) is 9.59 Å². The Balaban J connectivity index is 2.27. The van der Waals surface area contributed by atoms with Crippen LogP contribution >= 0.6 is 11.8 Å². The number of rotatable bonds is 4. The first-order chi connectivity index (χ1) is 7.59. The summed E-state index contributed by atoms with van der Waals surface area (Å²) in [7, 11) is 0. The third kappa shape index (κ3) is 4.88. The van der Waals surface area contributed by atoms with Crippen molar-refractivity contribution in [2.75, 3.05) is 24.6 Å². The van der Waals surface area contributed by atoms with Crippen LogP contribution in [-0.2, 0) is 9.59 Å². The van der Waals surface area contributed by atoms with Crippen LogP contribution in [0.4, 0.5) is 0 Å². The molecule has 1 fully saturated rings. The van der Waals surface area contributed by atoms with Crippen LogP contribution in [0.1, 0.15) is 26.2 Å². The number of thioether (sulfide) groups is 1. The topological polar surface area (TPSA) is 63.4 Å². The van der Waals surface area contributed by atoms with Gasteiger partial charge in [-0.15, -0.1) is 11.8 Å². The van der Waals surface area contributed by atoms with Gasteiger partial charge in [0, 0.05) is 13.1 Å². The fourth-order valence-corrected chi connectivity index (χ4v) is 2.50. The Morgan fingerprint density at radius 3 is 2.75 bits per heavy atom. The zero-order valence-electron chi connectivity index (χ0n) is 9.78. The maximum Gasteiger partial charge on any atom is 0.232 e. The van der Waals surface area contributed by atoms with Crippen molar-refractivity contribution in [3.63, 3.8) is 0 Å². The highest BCUT2D eigenvalue weighted by Gasteiger charge is 2.18. The van der Waals surface area contributed by atoms with E-state index in [1.165, 1.54) is 18.2 Å². The van der Waals surface area contributed by atoms with E-state index in [1.54, 1.807) is 0 Å². The summed E-state index contributed by atoms with van der Waals surface area (Å²) in [4.78, 5) is 24.2. The standard InChI is InChI=1S/C11H20N2O2S/c1-9-3-2-5-13(6-4-9)11(15)8-16-7-10(12)14/h9H,2-8H2,1H3,(H2,12,14)/t9-/m1/s1. The van der Waals surface area contributed by atoms with Crippen LogP contribution in [0, 0.1) is 5.92 Å². The van der Waals surface area contributed by atoms with Crippen LogP contribution in [0.5, 0.6) is 0 Å². The molecule has 5 heteroatoms. The lowest BCUT2D eigenvalue weighted by molar-refractivity contribution is -0.128. The fourth-order valence-electron chi connectivity index (χ4n) is 1.84. The zero-order valence-corrected chi connectivity index (χ0v) is 10.6. The van der Waals surface area contributed by atoms with Gasteiger partial charge in [0.1, 0.15) is 0 Å². The maximum absolute atomic E-state index is 11.8. The summed E-state index contributed by atoms with van der Waals surface area (Å²) in [5.74, 6) is 1.10. The maximum atomic E-state index is 11.8. The van der Waals surface area contributed by atoms with Gasteiger partial charge < -0.3 is 10.6 Å². The van der Waals surface area contributed by atoms with Crippen LogP contribution in [-0.4, -0.2) is 41.3 Å². The molecule has 1 rings (SSSR count). The van der Waals surface area contributed by atoms with E-state index < -0.39 is 0 Å². The third-order valence-electron chi connectivity index (χ3n) is 2.84. The summed E-state index contributed by atoms with van der Waals surface area (Å²) in [5.41, 5.74) is 5.02. The second-order valence-corrected chi connectivity index (χ2v) is 5.36. The minimum atomic E-state index is -0.359. The number of nitrogens with two attached hydrogens (primary N) is 1. The second kappa shape index (κ2) is 6.78. The van der Waals surface area contributed by atoms with Gasteiger partial charge in [0.05, 0.1) is 11.5 Å². The summed E-state index contributed by atoms with van der Waals surface area (Å²) in [6, 6.07) is 0. The number of nitrogens with zero attached hydrogens (tertiary/aromatic N) is 1. The van der Waals surface area contributed by atoms with Crippen molar-refractivity contribution in [3.8, 4) is 0 Å². The van der Waals surface area contributed by atoms with Gasteiger partial charge in [0.15, 0.2) is 0 Å². The molecule has 0 bridgehead atoms. The van der Waals surface area contributed by atoms with E-state index >= 15 is 0 Å². The number of carbonyl (C=O) groups excluding carboxylic acids is 2. The van der Waals surface area contributed by atoms with Crippen molar-refractivity contribution >= 4 is 23.6 Å². The first kappa shape index (κ1) is 13.4. The van der Waals surface area contributed by atoms with Crippen molar-refractivity contribution in [2.24, 2.45) is 11.7 Å². The molecule has 1 aliphatic heterocycles. The third-order valence-corrected chi connectivity index (χ3v) is 3.78. The van der Waals surface area contributed by atoms with E-state index in [9.17, 15) is 9.59 Å². The molecular formula is C11H20N2O2S. The molecule has 1 aliphatic rings. The largest absolute Gasteiger partial charge is 0.369 e. The lowest BCUT2D eigenvalue weighted by Crippen LogP contribution is -2.33.